The van der Waals surface area contributed by atoms with E-state index in [-0.39, 0.29) is 6.54 Å². The molecule has 2 aromatic rings. The molecule has 2 N–H and O–H groups in total. The van der Waals surface area contributed by atoms with Crippen molar-refractivity contribution in [3.8, 4) is 0 Å². The Labute approximate surface area is 154 Å². The summed E-state index contributed by atoms with van der Waals surface area (Å²) in [6.07, 6.45) is -1.19. The van der Waals surface area contributed by atoms with Gasteiger partial charge in [-0.1, -0.05) is 6.92 Å². The van der Waals surface area contributed by atoms with E-state index >= 15 is 0 Å². The summed E-state index contributed by atoms with van der Waals surface area (Å²) >= 11 is 0. The molecule has 0 saturated carbocycles. The zero-order valence-corrected chi connectivity index (χ0v) is 15.3. The van der Waals surface area contributed by atoms with Gasteiger partial charge in [-0.25, -0.2) is 4.98 Å². The molecule has 0 aromatic carbocycles. The number of halogens is 3. The lowest BCUT2D eigenvalue weighted by Crippen LogP contribution is -2.41. The Bertz CT molecular complexity index is 819. The van der Waals surface area contributed by atoms with Gasteiger partial charge in [0.25, 0.3) is 0 Å². The number of anilines is 1. The number of rotatable bonds is 5. The summed E-state index contributed by atoms with van der Waals surface area (Å²) < 4.78 is 38.7. The van der Waals surface area contributed by atoms with Gasteiger partial charge in [0.15, 0.2) is 5.65 Å². The average molecular weight is 384 g/mol. The lowest BCUT2D eigenvalue weighted by molar-refractivity contribution is -0.140. The molecule has 0 spiro atoms. The van der Waals surface area contributed by atoms with E-state index < -0.39 is 24.5 Å². The van der Waals surface area contributed by atoms with Crippen LogP contribution in [-0.4, -0.2) is 59.9 Å². The molecular formula is C17H23F3N6O. The first-order valence-electron chi connectivity index (χ1n) is 8.88. The van der Waals surface area contributed by atoms with E-state index in [2.05, 4.69) is 15.4 Å². The second kappa shape index (κ2) is 7.71. The Morgan fingerprint density at radius 3 is 2.89 bits per heavy atom. The van der Waals surface area contributed by atoms with Crippen molar-refractivity contribution in [2.45, 2.75) is 25.9 Å². The van der Waals surface area contributed by atoms with E-state index in [0.29, 0.717) is 5.65 Å². The third kappa shape index (κ3) is 4.49. The lowest BCUT2D eigenvalue weighted by Gasteiger charge is -2.26. The molecule has 0 radical (unpaired) electrons. The van der Waals surface area contributed by atoms with Crippen molar-refractivity contribution in [3.63, 3.8) is 0 Å². The number of carbonyl (C=O) groups is 1. The van der Waals surface area contributed by atoms with Crippen molar-refractivity contribution in [2.75, 3.05) is 38.1 Å². The second-order valence-electron chi connectivity index (χ2n) is 6.83. The smallest absolute Gasteiger partial charge is 0.358 e. The summed E-state index contributed by atoms with van der Waals surface area (Å²) in [5.74, 6) is -0.410. The fourth-order valence-corrected chi connectivity index (χ4v) is 3.35. The van der Waals surface area contributed by atoms with E-state index in [4.69, 9.17) is 0 Å². The largest absolute Gasteiger partial charge is 0.405 e. The summed E-state index contributed by atoms with van der Waals surface area (Å²) in [4.78, 5) is 18.6. The molecule has 0 fully saturated rings. The molecule has 3 heterocycles. The Morgan fingerprint density at radius 2 is 2.15 bits per heavy atom. The zero-order valence-electron chi connectivity index (χ0n) is 15.3. The molecule has 1 aliphatic rings. The average Bonchev–Trinajstić information content (AvgIpc) is 2.93. The maximum absolute atomic E-state index is 12.3. The zero-order chi connectivity index (χ0) is 19.6. The van der Waals surface area contributed by atoms with Crippen LogP contribution in [0.3, 0.4) is 0 Å². The molecule has 0 saturated heterocycles. The number of carbonyl (C=O) groups excluding carboxylic acids is 1. The molecule has 1 amide bonds. The van der Waals surface area contributed by atoms with Crippen molar-refractivity contribution in [1.82, 2.24) is 25.2 Å². The van der Waals surface area contributed by atoms with E-state index in [9.17, 15) is 18.0 Å². The maximum atomic E-state index is 12.3. The molecule has 1 aliphatic heterocycles. The van der Waals surface area contributed by atoms with Crippen molar-refractivity contribution < 1.29 is 18.0 Å². The molecule has 0 bridgehead atoms. The van der Waals surface area contributed by atoms with Crippen molar-refractivity contribution in [2.24, 2.45) is 5.92 Å². The van der Waals surface area contributed by atoms with Gasteiger partial charge in [0.2, 0.25) is 5.91 Å². The minimum atomic E-state index is -4.42. The summed E-state index contributed by atoms with van der Waals surface area (Å²) in [6.45, 7) is 2.21. The Hall–Kier alpha value is -2.36. The van der Waals surface area contributed by atoms with Crippen LogP contribution >= 0.6 is 0 Å². The molecule has 148 valence electrons. The van der Waals surface area contributed by atoms with Gasteiger partial charge in [0.1, 0.15) is 12.4 Å². The van der Waals surface area contributed by atoms with Gasteiger partial charge in [-0.2, -0.15) is 22.8 Å². The third-order valence-corrected chi connectivity index (χ3v) is 4.60. The van der Waals surface area contributed by atoms with Gasteiger partial charge >= 0.3 is 6.18 Å². The molecule has 1 atom stereocenters. The fraction of sp³-hybridized carbons (Fsp3) is 0.588. The predicted molar refractivity (Wildman–Crippen MR) is 94.8 cm³/mol. The number of alkyl halides is 3. The first kappa shape index (κ1) is 19.4. The van der Waals surface area contributed by atoms with E-state index in [1.54, 1.807) is 17.6 Å². The van der Waals surface area contributed by atoms with E-state index in [0.717, 1.165) is 43.0 Å². The number of hydrogen-bond donors (Lipinski definition) is 2. The van der Waals surface area contributed by atoms with E-state index in [1.165, 1.54) is 0 Å². The Kier molecular flexibility index (Phi) is 5.54. The number of nitrogens with one attached hydrogen (secondary N) is 2. The highest BCUT2D eigenvalue weighted by atomic mass is 19.4. The van der Waals surface area contributed by atoms with Crippen LogP contribution < -0.4 is 15.5 Å². The van der Waals surface area contributed by atoms with Crippen LogP contribution in [0.5, 0.6) is 0 Å². The SMILES string of the molecule is CC(CN(C)c1c2c(nc3ccnn13)CCNCC2)C(=O)NCC(F)(F)F. The second-order valence-corrected chi connectivity index (χ2v) is 6.83. The van der Waals surface area contributed by atoms with Crippen LogP contribution in [0.2, 0.25) is 0 Å². The number of amides is 1. The van der Waals surface area contributed by atoms with Crippen LogP contribution in [0, 0.1) is 5.92 Å². The highest BCUT2D eigenvalue weighted by Crippen LogP contribution is 2.26. The quantitative estimate of drug-likeness (QED) is 0.810. The summed E-state index contributed by atoms with van der Waals surface area (Å²) in [5, 5.41) is 9.63. The van der Waals surface area contributed by atoms with Gasteiger partial charge in [0, 0.05) is 38.2 Å². The van der Waals surface area contributed by atoms with Gasteiger partial charge in [-0.15, -0.1) is 0 Å². The van der Waals surface area contributed by atoms with Gasteiger partial charge in [-0.3, -0.25) is 4.79 Å². The fourth-order valence-electron chi connectivity index (χ4n) is 3.35. The molecule has 1 unspecified atom stereocenters. The highest BCUT2D eigenvalue weighted by Gasteiger charge is 2.29. The van der Waals surface area contributed by atoms with Crippen LogP contribution in [0.15, 0.2) is 12.3 Å². The molecule has 0 aliphatic carbocycles. The molecule has 7 nitrogen and oxygen atoms in total. The number of fused-ring (bicyclic) bond motifs is 2. The first-order chi connectivity index (χ1) is 12.8. The lowest BCUT2D eigenvalue weighted by atomic mass is 10.1. The van der Waals surface area contributed by atoms with Crippen molar-refractivity contribution in [3.05, 3.63) is 23.5 Å². The van der Waals surface area contributed by atoms with Crippen molar-refractivity contribution in [1.29, 1.82) is 0 Å². The minimum absolute atomic E-state index is 0.266. The summed E-state index contributed by atoms with van der Waals surface area (Å²) in [5.41, 5.74) is 2.76. The molecular weight excluding hydrogens is 361 g/mol. The van der Waals surface area contributed by atoms with Crippen LogP contribution in [0.4, 0.5) is 19.0 Å². The standard InChI is InChI=1S/C17H23F3N6O/c1-11(15(27)22-10-17(18,19)20)9-25(2)16-12-3-6-21-7-4-13(12)24-14-5-8-23-26(14)16/h5,8,11,21H,3-4,6-7,9-10H2,1-2H3,(H,22,27). The Balaban J connectivity index is 1.82. The summed E-state index contributed by atoms with van der Waals surface area (Å²) in [6, 6.07) is 1.81. The normalized spacial score (nSPS) is 15.9. The first-order valence-corrected chi connectivity index (χ1v) is 8.88. The van der Waals surface area contributed by atoms with Crippen LogP contribution in [0.1, 0.15) is 18.2 Å². The molecule has 27 heavy (non-hydrogen) atoms. The highest BCUT2D eigenvalue weighted by molar-refractivity contribution is 5.79. The maximum Gasteiger partial charge on any atom is 0.405 e. The van der Waals surface area contributed by atoms with Crippen molar-refractivity contribution >= 4 is 17.4 Å². The van der Waals surface area contributed by atoms with Crippen LogP contribution in [0.25, 0.3) is 5.65 Å². The van der Waals surface area contributed by atoms with Crippen LogP contribution in [-0.2, 0) is 17.6 Å². The molecule has 2 aromatic heterocycles. The predicted octanol–water partition coefficient (Wildman–Crippen LogP) is 1.17. The summed E-state index contributed by atoms with van der Waals surface area (Å²) in [7, 11) is 1.82. The Morgan fingerprint density at radius 1 is 1.41 bits per heavy atom. The molecule has 10 heteroatoms. The topological polar surface area (TPSA) is 74.6 Å². The van der Waals surface area contributed by atoms with Gasteiger partial charge in [0.05, 0.1) is 17.8 Å². The van der Waals surface area contributed by atoms with Gasteiger partial charge < -0.3 is 15.5 Å². The monoisotopic (exact) mass is 384 g/mol. The third-order valence-electron chi connectivity index (χ3n) is 4.60. The minimum Gasteiger partial charge on any atom is -0.358 e. The molecule has 3 rings (SSSR count). The van der Waals surface area contributed by atoms with E-state index in [1.807, 2.05) is 23.3 Å². The van der Waals surface area contributed by atoms with Gasteiger partial charge in [-0.05, 0) is 13.0 Å². The number of nitrogens with zero attached hydrogens (tertiary/aromatic N) is 4. The number of hydrogen-bond acceptors (Lipinski definition) is 5. The number of aromatic nitrogens is 3.